The Balaban J connectivity index is 1.22. The average Bonchev–Trinajstić information content (AvgIpc) is 3.82. The number of esters is 1. The second kappa shape index (κ2) is 14.0. The first kappa shape index (κ1) is 33.8. The molecule has 1 atom stereocenters. The molecule has 1 aromatic heterocycles. The lowest BCUT2D eigenvalue weighted by molar-refractivity contribution is -0.140. The molecule has 0 bridgehead atoms. The molecule has 2 fully saturated rings. The van der Waals surface area contributed by atoms with E-state index in [1.54, 1.807) is 20.1 Å². The average molecular weight is 669 g/mol. The molecule has 1 aliphatic carbocycles. The summed E-state index contributed by atoms with van der Waals surface area (Å²) in [6.45, 7) is 4.92. The van der Waals surface area contributed by atoms with Crippen LogP contribution in [-0.2, 0) is 34.5 Å². The van der Waals surface area contributed by atoms with Gasteiger partial charge in [-0.05, 0) is 62.8 Å². The van der Waals surface area contributed by atoms with E-state index in [0.29, 0.717) is 54.4 Å². The minimum atomic E-state index is -4.01. The first-order chi connectivity index (χ1) is 22.5. The van der Waals surface area contributed by atoms with Gasteiger partial charge in [-0.3, -0.25) is 19.6 Å². The van der Waals surface area contributed by atoms with Gasteiger partial charge in [0.05, 0.1) is 37.5 Å². The predicted molar refractivity (Wildman–Crippen MR) is 173 cm³/mol. The molecule has 2 amide bonds. The highest BCUT2D eigenvalue weighted by Crippen LogP contribution is 2.50. The lowest BCUT2D eigenvalue weighted by Gasteiger charge is -2.34. The number of carbonyl (C=O) groups excluding carboxylic acids is 3. The number of hydrogen-bond donors (Lipinski definition) is 2. The van der Waals surface area contributed by atoms with E-state index >= 15 is 0 Å². The van der Waals surface area contributed by atoms with Crippen LogP contribution < -0.4 is 19.7 Å². The summed E-state index contributed by atoms with van der Waals surface area (Å²) in [4.78, 5) is 39.5. The van der Waals surface area contributed by atoms with E-state index in [2.05, 4.69) is 24.8 Å². The molecule has 2 aromatic carbocycles. The molecule has 2 aliphatic rings. The van der Waals surface area contributed by atoms with Crippen LogP contribution in [0.2, 0.25) is 0 Å². The zero-order valence-corrected chi connectivity index (χ0v) is 27.7. The Morgan fingerprint density at radius 1 is 1.09 bits per heavy atom. The number of nitrogens with one attached hydrogen (secondary N) is 2. The van der Waals surface area contributed by atoms with Crippen molar-refractivity contribution in [2.24, 2.45) is 0 Å². The molecular weight excluding hydrogens is 628 g/mol. The summed E-state index contributed by atoms with van der Waals surface area (Å²) in [6, 6.07) is 15.0. The number of rotatable bonds is 12. The summed E-state index contributed by atoms with van der Waals surface area (Å²) in [7, 11) is -1.29. The van der Waals surface area contributed by atoms with Crippen molar-refractivity contribution in [2.45, 2.75) is 63.4 Å². The molecule has 47 heavy (non-hydrogen) atoms. The molecule has 1 saturated heterocycles. The van der Waals surface area contributed by atoms with Crippen LogP contribution in [0.3, 0.4) is 0 Å². The third-order valence-corrected chi connectivity index (χ3v) is 10.1. The van der Waals surface area contributed by atoms with E-state index < -0.39 is 45.3 Å². The Labute approximate surface area is 274 Å². The Morgan fingerprint density at radius 3 is 2.43 bits per heavy atom. The second-order valence-electron chi connectivity index (χ2n) is 11.9. The second-order valence-corrected chi connectivity index (χ2v) is 13.7. The van der Waals surface area contributed by atoms with Gasteiger partial charge in [0.1, 0.15) is 23.2 Å². The van der Waals surface area contributed by atoms with Crippen LogP contribution in [0.15, 0.2) is 53.1 Å². The fourth-order valence-electron chi connectivity index (χ4n) is 5.90. The third-order valence-electron chi connectivity index (χ3n) is 8.84. The fraction of sp³-hybridized carbons (Fsp3) is 0.455. The van der Waals surface area contributed by atoms with Crippen LogP contribution in [-0.4, -0.2) is 64.6 Å². The number of ether oxygens (including phenoxy) is 3. The molecule has 0 unspecified atom stereocenters. The molecular formula is C33H40N4O9S. The number of sulfonamides is 1. The number of aryl methyl sites for hydroxylation is 1. The topological polar surface area (TPSA) is 166 Å². The van der Waals surface area contributed by atoms with Crippen molar-refractivity contribution >= 4 is 39.4 Å². The minimum Gasteiger partial charge on any atom is -0.495 e. The first-order valence-electron chi connectivity index (χ1n) is 15.5. The number of aromatic nitrogens is 1. The normalized spacial score (nSPS) is 16.6. The van der Waals surface area contributed by atoms with Crippen LogP contribution in [0.1, 0.15) is 73.6 Å². The van der Waals surface area contributed by atoms with Crippen molar-refractivity contribution in [1.29, 1.82) is 0 Å². The maximum absolute atomic E-state index is 13.1. The van der Waals surface area contributed by atoms with Crippen molar-refractivity contribution in [3.05, 3.63) is 71.1 Å². The van der Waals surface area contributed by atoms with Gasteiger partial charge in [0.25, 0.3) is 0 Å². The van der Waals surface area contributed by atoms with E-state index in [-0.39, 0.29) is 12.3 Å². The minimum absolute atomic E-state index is 0.0131. The number of hydrogen-bond acceptors (Lipinski definition) is 11. The quantitative estimate of drug-likeness (QED) is 0.256. The van der Waals surface area contributed by atoms with Crippen LogP contribution in [0, 0.1) is 6.92 Å². The van der Waals surface area contributed by atoms with Gasteiger partial charge < -0.3 is 23.6 Å². The van der Waals surface area contributed by atoms with Crippen molar-refractivity contribution < 1.29 is 41.5 Å². The highest BCUT2D eigenvalue weighted by molar-refractivity contribution is 7.90. The fourth-order valence-corrected chi connectivity index (χ4v) is 6.92. The number of methoxy groups -OCH3 is 2. The molecule has 2 heterocycles. The number of nitrogens with zero attached hydrogens (tertiary/aromatic N) is 2. The maximum Gasteiger partial charge on any atom is 0.412 e. The number of piperidine rings is 1. The van der Waals surface area contributed by atoms with E-state index in [1.807, 2.05) is 49.4 Å². The molecule has 252 valence electrons. The third kappa shape index (κ3) is 7.70. The van der Waals surface area contributed by atoms with Gasteiger partial charge in [-0.1, -0.05) is 41.6 Å². The number of anilines is 2. The lowest BCUT2D eigenvalue weighted by Crippen LogP contribution is -2.40. The van der Waals surface area contributed by atoms with Gasteiger partial charge in [0.2, 0.25) is 15.9 Å². The van der Waals surface area contributed by atoms with Gasteiger partial charge >= 0.3 is 12.1 Å². The van der Waals surface area contributed by atoms with E-state index in [4.69, 9.17) is 14.0 Å². The van der Waals surface area contributed by atoms with Crippen LogP contribution >= 0.6 is 0 Å². The number of amides is 2. The number of benzene rings is 2. The molecule has 5 rings (SSSR count). The maximum atomic E-state index is 13.1. The van der Waals surface area contributed by atoms with Crippen molar-refractivity contribution in [3.63, 3.8) is 0 Å². The highest BCUT2D eigenvalue weighted by Gasteiger charge is 2.52. The smallest absolute Gasteiger partial charge is 0.412 e. The summed E-state index contributed by atoms with van der Waals surface area (Å²) in [5.74, 6) is -0.640. The van der Waals surface area contributed by atoms with Gasteiger partial charge in [-0.15, -0.1) is 0 Å². The van der Waals surface area contributed by atoms with E-state index in [9.17, 15) is 22.8 Å². The monoisotopic (exact) mass is 668 g/mol. The van der Waals surface area contributed by atoms with Crippen LogP contribution in [0.5, 0.6) is 5.75 Å². The van der Waals surface area contributed by atoms with Crippen molar-refractivity contribution in [2.75, 3.05) is 43.3 Å². The van der Waals surface area contributed by atoms with Gasteiger partial charge in [0.15, 0.2) is 5.76 Å². The zero-order chi connectivity index (χ0) is 33.8. The van der Waals surface area contributed by atoms with E-state index in [1.165, 1.54) is 7.11 Å². The Morgan fingerprint density at radius 2 is 1.79 bits per heavy atom. The predicted octanol–water partition coefficient (Wildman–Crippen LogP) is 4.73. The van der Waals surface area contributed by atoms with Crippen LogP contribution in [0.25, 0.3) is 0 Å². The van der Waals surface area contributed by atoms with E-state index in [0.717, 1.165) is 24.1 Å². The van der Waals surface area contributed by atoms with Gasteiger partial charge in [-0.25, -0.2) is 13.2 Å². The summed E-state index contributed by atoms with van der Waals surface area (Å²) in [5.41, 5.74) is 2.51. The molecule has 2 N–H and O–H groups in total. The van der Waals surface area contributed by atoms with Crippen LogP contribution in [0.4, 0.5) is 16.2 Å². The lowest BCUT2D eigenvalue weighted by atomic mass is 9.91. The summed E-state index contributed by atoms with van der Waals surface area (Å²) >= 11 is 0. The molecule has 14 heteroatoms. The number of carbonyl (C=O) groups is 3. The Bertz CT molecular complexity index is 1710. The molecule has 0 spiro atoms. The highest BCUT2D eigenvalue weighted by atomic mass is 32.2. The standard InChI is InChI=1S/C33H40N4O9S/c1-21-29(34-32(40)45-22(2)23-8-6-5-7-9-23)30(46-35-21)24-12-17-37(18-13-24)26-11-10-25(20-27(26)43-3)33(15-16-33)31(39)36-47(41,42)19-14-28(38)44-4/h5-11,20,22,24H,12-19H2,1-4H3,(H,34,40)(H,36,39)/t22-/m1/s1. The van der Waals surface area contributed by atoms with Gasteiger partial charge in [0, 0.05) is 19.0 Å². The largest absolute Gasteiger partial charge is 0.495 e. The molecule has 13 nitrogen and oxygen atoms in total. The first-order valence-corrected chi connectivity index (χ1v) is 17.2. The SMILES string of the molecule is COC(=O)CCS(=O)(=O)NC(=O)C1(c2ccc(N3CCC(c4onc(C)c4NC(=O)O[C@H](C)c4ccccc4)CC3)c(OC)c2)CC1. The summed E-state index contributed by atoms with van der Waals surface area (Å²) < 4.78 is 48.5. The summed E-state index contributed by atoms with van der Waals surface area (Å²) in [5, 5.41) is 6.95. The van der Waals surface area contributed by atoms with Gasteiger partial charge in [-0.2, -0.15) is 0 Å². The van der Waals surface area contributed by atoms with Crippen molar-refractivity contribution in [1.82, 2.24) is 9.88 Å². The molecule has 3 aromatic rings. The molecule has 0 radical (unpaired) electrons. The molecule has 1 aliphatic heterocycles. The molecule has 1 saturated carbocycles. The van der Waals surface area contributed by atoms with Crippen molar-refractivity contribution in [3.8, 4) is 5.75 Å². The Kier molecular flexibility index (Phi) is 10.1. The zero-order valence-electron chi connectivity index (χ0n) is 26.9. The summed E-state index contributed by atoms with van der Waals surface area (Å²) in [6.07, 6.45) is 1.06. The Hall–Kier alpha value is -4.59.